The molecule has 6 nitrogen and oxygen atoms in total. The van der Waals surface area contributed by atoms with Crippen LogP contribution in [0.5, 0.6) is 0 Å². The highest BCUT2D eigenvalue weighted by molar-refractivity contribution is 5.81. The molecule has 1 aliphatic carbocycles. The van der Waals surface area contributed by atoms with Crippen molar-refractivity contribution in [2.24, 2.45) is 5.73 Å². The Labute approximate surface area is 126 Å². The van der Waals surface area contributed by atoms with Gasteiger partial charge in [-0.15, -0.1) is 0 Å². The zero-order valence-corrected chi connectivity index (χ0v) is 13.1. The van der Waals surface area contributed by atoms with Crippen LogP contribution in [-0.2, 0) is 14.3 Å². The lowest BCUT2D eigenvalue weighted by molar-refractivity contribution is -0.151. The molecule has 0 aromatic heterocycles. The van der Waals surface area contributed by atoms with Crippen molar-refractivity contribution in [2.75, 3.05) is 26.2 Å². The van der Waals surface area contributed by atoms with Gasteiger partial charge in [-0.1, -0.05) is 12.8 Å². The van der Waals surface area contributed by atoms with Crippen LogP contribution in [0.25, 0.3) is 0 Å². The molecule has 2 atom stereocenters. The quantitative estimate of drug-likeness (QED) is 0.794. The maximum atomic E-state index is 12.6. The minimum Gasteiger partial charge on any atom is -0.374 e. The molecule has 2 rings (SSSR count). The lowest BCUT2D eigenvalue weighted by Gasteiger charge is -2.44. The van der Waals surface area contributed by atoms with Gasteiger partial charge in [-0.05, 0) is 26.7 Å². The molecule has 1 heterocycles. The van der Waals surface area contributed by atoms with Gasteiger partial charge in [-0.25, -0.2) is 0 Å². The van der Waals surface area contributed by atoms with Gasteiger partial charge in [0.2, 0.25) is 11.8 Å². The average molecular weight is 297 g/mol. The van der Waals surface area contributed by atoms with Gasteiger partial charge in [-0.2, -0.15) is 0 Å². The summed E-state index contributed by atoms with van der Waals surface area (Å²) in [5.74, 6) is -0.306. The Balaban J connectivity index is 1.98. The second kappa shape index (κ2) is 7.22. The van der Waals surface area contributed by atoms with Crippen LogP contribution in [0.3, 0.4) is 0 Å². The first kappa shape index (κ1) is 16.2. The van der Waals surface area contributed by atoms with E-state index in [4.69, 9.17) is 10.5 Å². The van der Waals surface area contributed by atoms with E-state index in [1.165, 1.54) is 6.42 Å². The molecule has 120 valence electrons. The Kier molecular flexibility index (Phi) is 5.58. The van der Waals surface area contributed by atoms with Crippen molar-refractivity contribution in [3.8, 4) is 0 Å². The fourth-order valence-electron chi connectivity index (χ4n) is 3.29. The number of ether oxygens (including phenoxy) is 1. The summed E-state index contributed by atoms with van der Waals surface area (Å²) in [5.41, 5.74) is 5.27. The van der Waals surface area contributed by atoms with Crippen molar-refractivity contribution in [2.45, 2.75) is 57.7 Å². The molecule has 2 amide bonds. The van der Waals surface area contributed by atoms with Crippen molar-refractivity contribution in [1.82, 2.24) is 9.80 Å². The van der Waals surface area contributed by atoms with Gasteiger partial charge in [-0.3, -0.25) is 14.5 Å². The standard InChI is InChI=1S/C15H27N3O3/c1-11(2)17(9-14(16)19)10-15(20)18-7-8-21-13-6-4-3-5-12(13)18/h11-13H,3-10H2,1-2H3,(H2,16,19)/t12-,13+/m0/s1. The highest BCUT2D eigenvalue weighted by Crippen LogP contribution is 2.28. The zero-order chi connectivity index (χ0) is 15.4. The predicted molar refractivity (Wildman–Crippen MR) is 79.6 cm³/mol. The van der Waals surface area contributed by atoms with Crippen LogP contribution in [-0.4, -0.2) is 66.0 Å². The summed E-state index contributed by atoms with van der Waals surface area (Å²) in [6.07, 6.45) is 4.60. The van der Waals surface area contributed by atoms with Crippen LogP contribution < -0.4 is 5.73 Å². The number of morpholine rings is 1. The van der Waals surface area contributed by atoms with Crippen molar-refractivity contribution >= 4 is 11.8 Å². The smallest absolute Gasteiger partial charge is 0.237 e. The molecule has 6 heteroatoms. The molecular weight excluding hydrogens is 270 g/mol. The third kappa shape index (κ3) is 4.17. The third-order valence-electron chi connectivity index (χ3n) is 4.48. The maximum absolute atomic E-state index is 12.6. The van der Waals surface area contributed by atoms with E-state index in [0.29, 0.717) is 13.2 Å². The van der Waals surface area contributed by atoms with E-state index in [1.54, 1.807) is 0 Å². The van der Waals surface area contributed by atoms with Gasteiger partial charge in [0.05, 0.1) is 31.8 Å². The summed E-state index contributed by atoms with van der Waals surface area (Å²) in [4.78, 5) is 27.6. The Morgan fingerprint density at radius 2 is 2.00 bits per heavy atom. The molecule has 2 aliphatic rings. The number of nitrogens with zero attached hydrogens (tertiary/aromatic N) is 2. The van der Waals surface area contributed by atoms with E-state index >= 15 is 0 Å². The molecule has 0 spiro atoms. The molecule has 0 bridgehead atoms. The molecule has 0 aromatic rings. The van der Waals surface area contributed by atoms with E-state index in [-0.39, 0.29) is 37.2 Å². The van der Waals surface area contributed by atoms with Crippen LogP contribution in [0.4, 0.5) is 0 Å². The van der Waals surface area contributed by atoms with E-state index in [0.717, 1.165) is 19.3 Å². The van der Waals surface area contributed by atoms with E-state index < -0.39 is 5.91 Å². The van der Waals surface area contributed by atoms with Crippen molar-refractivity contribution in [1.29, 1.82) is 0 Å². The molecule has 0 unspecified atom stereocenters. The monoisotopic (exact) mass is 297 g/mol. The SMILES string of the molecule is CC(C)N(CC(N)=O)CC(=O)N1CCO[C@@H]2CCCC[C@@H]21. The third-order valence-corrected chi connectivity index (χ3v) is 4.48. The van der Waals surface area contributed by atoms with Crippen molar-refractivity contribution < 1.29 is 14.3 Å². The van der Waals surface area contributed by atoms with E-state index in [9.17, 15) is 9.59 Å². The van der Waals surface area contributed by atoms with Gasteiger partial charge in [0.1, 0.15) is 0 Å². The molecule has 2 fully saturated rings. The molecule has 0 aromatic carbocycles. The van der Waals surface area contributed by atoms with Gasteiger partial charge in [0, 0.05) is 12.6 Å². The average Bonchev–Trinajstić information content (AvgIpc) is 2.45. The number of fused-ring (bicyclic) bond motifs is 1. The predicted octanol–water partition coefficient (Wildman–Crippen LogP) is 0.352. The van der Waals surface area contributed by atoms with Gasteiger partial charge >= 0.3 is 0 Å². The highest BCUT2D eigenvalue weighted by Gasteiger charge is 2.37. The van der Waals surface area contributed by atoms with Crippen LogP contribution in [0.1, 0.15) is 39.5 Å². The number of amides is 2. The number of primary amides is 1. The van der Waals surface area contributed by atoms with Crippen molar-refractivity contribution in [3.05, 3.63) is 0 Å². The summed E-state index contributed by atoms with van der Waals surface area (Å²) >= 11 is 0. The van der Waals surface area contributed by atoms with E-state index in [1.807, 2.05) is 23.6 Å². The number of carbonyl (C=O) groups is 2. The first-order valence-electron chi connectivity index (χ1n) is 7.92. The minimum atomic E-state index is -0.394. The van der Waals surface area contributed by atoms with Crippen LogP contribution in [0.2, 0.25) is 0 Å². The number of carbonyl (C=O) groups excluding carboxylic acids is 2. The highest BCUT2D eigenvalue weighted by atomic mass is 16.5. The van der Waals surface area contributed by atoms with Crippen LogP contribution in [0, 0.1) is 0 Å². The minimum absolute atomic E-state index is 0.0881. The summed E-state index contributed by atoms with van der Waals surface area (Å²) in [6.45, 7) is 5.59. The summed E-state index contributed by atoms with van der Waals surface area (Å²) < 4.78 is 5.80. The molecule has 2 N–H and O–H groups in total. The summed E-state index contributed by atoms with van der Waals surface area (Å²) in [5, 5.41) is 0. The maximum Gasteiger partial charge on any atom is 0.237 e. The van der Waals surface area contributed by atoms with Crippen LogP contribution >= 0.6 is 0 Å². The zero-order valence-electron chi connectivity index (χ0n) is 13.1. The molecular formula is C15H27N3O3. The lowest BCUT2D eigenvalue weighted by atomic mass is 9.90. The fraction of sp³-hybridized carbons (Fsp3) is 0.867. The Morgan fingerprint density at radius 3 is 2.67 bits per heavy atom. The normalized spacial score (nSPS) is 26.0. The first-order chi connectivity index (χ1) is 9.99. The van der Waals surface area contributed by atoms with Crippen LogP contribution in [0.15, 0.2) is 0 Å². The molecule has 0 radical (unpaired) electrons. The molecule has 1 aliphatic heterocycles. The second-order valence-electron chi connectivity index (χ2n) is 6.31. The number of hydrogen-bond acceptors (Lipinski definition) is 4. The second-order valence-corrected chi connectivity index (χ2v) is 6.31. The Hall–Kier alpha value is -1.14. The molecule has 1 saturated carbocycles. The summed E-state index contributed by atoms with van der Waals surface area (Å²) in [7, 11) is 0. The summed E-state index contributed by atoms with van der Waals surface area (Å²) in [6, 6.07) is 0.326. The topological polar surface area (TPSA) is 75.9 Å². The fourth-order valence-corrected chi connectivity index (χ4v) is 3.29. The number of rotatable bonds is 5. The largest absolute Gasteiger partial charge is 0.374 e. The molecule has 21 heavy (non-hydrogen) atoms. The Morgan fingerprint density at radius 1 is 1.29 bits per heavy atom. The lowest BCUT2D eigenvalue weighted by Crippen LogP contribution is -2.57. The first-order valence-corrected chi connectivity index (χ1v) is 7.92. The number of hydrogen-bond donors (Lipinski definition) is 1. The van der Waals surface area contributed by atoms with E-state index in [2.05, 4.69) is 0 Å². The number of nitrogens with two attached hydrogens (primary N) is 1. The Bertz CT molecular complexity index is 384. The van der Waals surface area contributed by atoms with Gasteiger partial charge < -0.3 is 15.4 Å². The molecule has 1 saturated heterocycles. The van der Waals surface area contributed by atoms with Gasteiger partial charge in [0.25, 0.3) is 0 Å². The van der Waals surface area contributed by atoms with Gasteiger partial charge in [0.15, 0.2) is 0 Å². The van der Waals surface area contributed by atoms with Crippen molar-refractivity contribution in [3.63, 3.8) is 0 Å².